The molecule has 2 bridgehead atoms. The van der Waals surface area contributed by atoms with Crippen molar-refractivity contribution in [1.29, 1.82) is 0 Å². The molecule has 1 unspecified atom stereocenters. The normalized spacial score (nSPS) is 42.7. The van der Waals surface area contributed by atoms with Crippen molar-refractivity contribution in [2.45, 2.75) is 167 Å². The minimum atomic E-state index is -2.53. The first-order chi connectivity index (χ1) is 25.4. The number of esters is 1. The van der Waals surface area contributed by atoms with Crippen LogP contribution in [0.1, 0.15) is 112 Å². The summed E-state index contributed by atoms with van der Waals surface area (Å²) in [5.41, 5.74) is 1.55. The number of piperidine rings is 1. The van der Waals surface area contributed by atoms with Gasteiger partial charge >= 0.3 is 5.97 Å². The average molecular weight is 764 g/mol. The molecule has 4 rings (SSSR count). The number of cyclic esters (lactones) is 1. The summed E-state index contributed by atoms with van der Waals surface area (Å²) in [6.45, 7) is 10.9. The third kappa shape index (κ3) is 10.3. The highest BCUT2D eigenvalue weighted by molar-refractivity contribution is 6.39. The van der Waals surface area contributed by atoms with E-state index in [-0.39, 0.29) is 43.4 Å². The van der Waals surface area contributed by atoms with Crippen LogP contribution in [-0.2, 0) is 33.4 Å². The largest absolute Gasteiger partial charge is 0.456 e. The van der Waals surface area contributed by atoms with Crippen LogP contribution in [0, 0.1) is 29.6 Å². The fraction of sp³-hybridized carbons (Fsp3) is 0.805. The number of carbonyl (C=O) groups excluding carboxylic acids is 4. The summed E-state index contributed by atoms with van der Waals surface area (Å²) in [6.07, 6.45) is 0.905. The molecule has 5 N–H and O–H groups in total. The van der Waals surface area contributed by atoms with Gasteiger partial charge in [0.25, 0.3) is 11.7 Å². The minimum absolute atomic E-state index is 0.00707. The first-order valence-corrected chi connectivity index (χ1v) is 20.0. The van der Waals surface area contributed by atoms with Crippen LogP contribution in [0.5, 0.6) is 0 Å². The number of allylic oxidation sites excluding steroid dienone is 3. The molecule has 1 amide bonds. The van der Waals surface area contributed by atoms with Crippen molar-refractivity contribution in [1.82, 2.24) is 4.90 Å². The third-order valence-corrected chi connectivity index (χ3v) is 12.4. The molecule has 13 nitrogen and oxygen atoms in total. The minimum Gasteiger partial charge on any atom is -0.456 e. The van der Waals surface area contributed by atoms with Gasteiger partial charge in [-0.1, -0.05) is 45.4 Å². The number of hydrogen-bond acceptors (Lipinski definition) is 12. The zero-order chi connectivity index (χ0) is 40.1. The Labute approximate surface area is 320 Å². The molecule has 0 aromatic carbocycles. The lowest BCUT2D eigenvalue weighted by atomic mass is 9.82. The summed E-state index contributed by atoms with van der Waals surface area (Å²) in [7, 11) is 1.47. The van der Waals surface area contributed by atoms with Crippen LogP contribution < -0.4 is 0 Å². The van der Waals surface area contributed by atoms with Crippen molar-refractivity contribution in [3.05, 3.63) is 23.3 Å². The second kappa shape index (κ2) is 19.1. The number of aliphatic hydroxyl groups excluding tert-OH is 4. The van der Waals surface area contributed by atoms with Crippen molar-refractivity contribution >= 4 is 23.4 Å². The lowest BCUT2D eigenvalue weighted by Gasteiger charge is -2.37. The van der Waals surface area contributed by atoms with Gasteiger partial charge in [0.1, 0.15) is 24.0 Å². The standard InChI is InChI=1S/C41H65NO12/c1-8-28-16-22(2)15-23(3)17-34(52-7)36(47)35-19-25(5)41(51,54-35)38(48)39(49)42-14-10-9-11-29(42)40(50)53-37(26(6)31(44)21-32(28)45)24(4)18-27-12-13-30(43)33(46)20-27/h16,18,23,25-31,33-37,43-44,46-47,51H,8-15,17,19-21H2,1-7H3/b22-16+,24-18+/t23-,25+,26+,27-,28+,29-,30+,31-,33+,34-,35-,36+,37+,41?/m0/s1. The van der Waals surface area contributed by atoms with Gasteiger partial charge in [0.15, 0.2) is 0 Å². The number of hydrogen-bond donors (Lipinski definition) is 5. The van der Waals surface area contributed by atoms with Gasteiger partial charge in [0.05, 0.1) is 30.5 Å². The molecular formula is C41H65NO12. The predicted octanol–water partition coefficient (Wildman–Crippen LogP) is 3.16. The van der Waals surface area contributed by atoms with Gasteiger partial charge in [-0.05, 0) is 95.5 Å². The molecule has 1 aliphatic carbocycles. The Bertz CT molecular complexity index is 1400. The summed E-state index contributed by atoms with van der Waals surface area (Å²) in [5, 5.41) is 55.0. The third-order valence-electron chi connectivity index (χ3n) is 12.4. The van der Waals surface area contributed by atoms with Crippen LogP contribution in [0.4, 0.5) is 0 Å². The molecule has 0 aromatic heterocycles. The van der Waals surface area contributed by atoms with Crippen LogP contribution in [-0.4, -0.2) is 122 Å². The molecule has 54 heavy (non-hydrogen) atoms. The lowest BCUT2D eigenvalue weighted by Crippen LogP contribution is -2.57. The Balaban J connectivity index is 1.73. The van der Waals surface area contributed by atoms with Gasteiger partial charge in [0.2, 0.25) is 5.79 Å². The van der Waals surface area contributed by atoms with Crippen molar-refractivity contribution in [2.24, 2.45) is 29.6 Å². The molecule has 0 aromatic rings. The second-order valence-corrected chi connectivity index (χ2v) is 16.7. The molecule has 14 atom stereocenters. The molecular weight excluding hydrogens is 698 g/mol. The van der Waals surface area contributed by atoms with Gasteiger partial charge in [-0.2, -0.15) is 0 Å². The van der Waals surface area contributed by atoms with Crippen LogP contribution >= 0.6 is 0 Å². The lowest BCUT2D eigenvalue weighted by molar-refractivity contribution is -0.225. The predicted molar refractivity (Wildman–Crippen MR) is 198 cm³/mol. The van der Waals surface area contributed by atoms with E-state index in [0.29, 0.717) is 56.9 Å². The summed E-state index contributed by atoms with van der Waals surface area (Å²) in [4.78, 5) is 56.7. The molecule has 1 saturated carbocycles. The Hall–Kier alpha value is -2.52. The molecule has 0 radical (unpaired) electrons. The van der Waals surface area contributed by atoms with Crippen molar-refractivity contribution in [3.63, 3.8) is 0 Å². The fourth-order valence-corrected chi connectivity index (χ4v) is 8.93. The van der Waals surface area contributed by atoms with Gasteiger partial charge in [-0.3, -0.25) is 14.4 Å². The monoisotopic (exact) mass is 763 g/mol. The summed E-state index contributed by atoms with van der Waals surface area (Å²) >= 11 is 0. The highest BCUT2D eigenvalue weighted by atomic mass is 16.7. The smallest absolute Gasteiger partial charge is 0.329 e. The SMILES string of the molecule is CC[C@@H]1/C=C(\C)C[C@H](C)C[C@H](OC)[C@@H](O)[C@@H]2C[C@@H](C)C(O)(O2)C(=O)C(=O)N2CCCC[C@H]2C(=O)O[C@H](/C(C)=C/[C@@H]2CC[C@@H](O)[C@H](O)C2)[C@H](C)[C@@H](O)CC1=O. The van der Waals surface area contributed by atoms with Crippen LogP contribution in [0.25, 0.3) is 0 Å². The van der Waals surface area contributed by atoms with E-state index in [1.54, 1.807) is 20.8 Å². The maximum absolute atomic E-state index is 14.1. The zero-order valence-electron chi connectivity index (χ0n) is 33.2. The number of rotatable bonds is 4. The van der Waals surface area contributed by atoms with Gasteiger partial charge in [0, 0.05) is 37.8 Å². The molecule has 3 fully saturated rings. The highest BCUT2D eigenvalue weighted by Crippen LogP contribution is 2.39. The van der Waals surface area contributed by atoms with Crippen molar-refractivity contribution in [3.8, 4) is 0 Å². The first-order valence-electron chi connectivity index (χ1n) is 20.0. The number of methoxy groups -OCH3 is 1. The number of carbonyl (C=O) groups is 4. The van der Waals surface area contributed by atoms with Crippen LogP contribution in [0.2, 0.25) is 0 Å². The number of ether oxygens (including phenoxy) is 3. The van der Waals surface area contributed by atoms with E-state index in [4.69, 9.17) is 14.2 Å². The summed E-state index contributed by atoms with van der Waals surface area (Å²) < 4.78 is 17.7. The van der Waals surface area contributed by atoms with E-state index >= 15 is 0 Å². The van der Waals surface area contributed by atoms with Gasteiger partial charge in [-0.15, -0.1) is 0 Å². The maximum atomic E-state index is 14.1. The molecule has 306 valence electrons. The molecule has 0 spiro atoms. The molecule has 3 heterocycles. The molecule has 2 saturated heterocycles. The van der Waals surface area contributed by atoms with Crippen LogP contribution in [0.15, 0.2) is 23.3 Å². The molecule has 13 heteroatoms. The van der Waals surface area contributed by atoms with Gasteiger partial charge in [-0.25, -0.2) is 4.79 Å². The Kier molecular flexibility index (Phi) is 15.6. The Morgan fingerprint density at radius 2 is 1.67 bits per heavy atom. The first kappa shape index (κ1) is 44.2. The van der Waals surface area contributed by atoms with Crippen molar-refractivity contribution in [2.75, 3.05) is 13.7 Å². The maximum Gasteiger partial charge on any atom is 0.329 e. The summed E-state index contributed by atoms with van der Waals surface area (Å²) in [6, 6.07) is -1.17. The van der Waals surface area contributed by atoms with E-state index < -0.39 is 90.0 Å². The number of Topliss-reactive ketones (excluding diaryl/α,β-unsaturated/α-hetero) is 2. The number of aliphatic hydroxyl groups is 5. The zero-order valence-corrected chi connectivity index (χ0v) is 33.2. The van der Waals surface area contributed by atoms with Gasteiger partial charge < -0.3 is 44.6 Å². The number of fused-ring (bicyclic) bond motifs is 3. The van der Waals surface area contributed by atoms with E-state index in [1.165, 1.54) is 7.11 Å². The van der Waals surface area contributed by atoms with E-state index in [9.17, 15) is 44.7 Å². The highest BCUT2D eigenvalue weighted by Gasteiger charge is 2.57. The Morgan fingerprint density at radius 1 is 0.963 bits per heavy atom. The van der Waals surface area contributed by atoms with E-state index in [1.807, 2.05) is 32.9 Å². The quantitative estimate of drug-likeness (QED) is 0.160. The second-order valence-electron chi connectivity index (χ2n) is 16.7. The number of amides is 1. The number of ketones is 2. The van der Waals surface area contributed by atoms with Crippen molar-refractivity contribution < 1.29 is 58.9 Å². The summed E-state index contributed by atoms with van der Waals surface area (Å²) in [5.74, 6) is -8.00. The fourth-order valence-electron chi connectivity index (χ4n) is 8.93. The van der Waals surface area contributed by atoms with E-state index in [0.717, 1.165) is 10.5 Å². The average Bonchev–Trinajstić information content (AvgIpc) is 3.45. The Morgan fingerprint density at radius 3 is 2.31 bits per heavy atom. The number of nitrogens with zero attached hydrogens (tertiary/aromatic N) is 1. The molecule has 3 aliphatic heterocycles. The molecule has 4 aliphatic rings. The topological polar surface area (TPSA) is 200 Å². The van der Waals surface area contributed by atoms with Crippen LogP contribution in [0.3, 0.4) is 0 Å². The van der Waals surface area contributed by atoms with E-state index in [2.05, 4.69) is 0 Å².